The maximum Gasteiger partial charge on any atom is 0.335 e. The Hall–Kier alpha value is -0.590. The molecule has 8 heteroatoms. The van der Waals surface area contributed by atoms with E-state index in [1.54, 1.807) is 6.07 Å². The van der Waals surface area contributed by atoms with E-state index in [1.165, 1.54) is 11.3 Å². The summed E-state index contributed by atoms with van der Waals surface area (Å²) < 4.78 is 11.7. The molecule has 1 aromatic carbocycles. The molecular weight excluding hydrogens is 267 g/mol. The third-order valence-corrected chi connectivity index (χ3v) is 5.14. The minimum Gasteiger partial charge on any atom is -0.375 e. The Labute approximate surface area is 99.9 Å². The summed E-state index contributed by atoms with van der Waals surface area (Å²) in [4.78, 5) is 22.5. The Bertz CT molecular complexity index is 565. The highest BCUT2D eigenvalue weighted by Crippen LogP contribution is 2.43. The summed E-state index contributed by atoms with van der Waals surface area (Å²) >= 11 is 2.45. The monoisotopic (exact) mass is 276 g/mol. The van der Waals surface area contributed by atoms with Gasteiger partial charge >= 0.3 is 7.60 Å². The van der Waals surface area contributed by atoms with Crippen molar-refractivity contribution in [2.45, 2.75) is 4.90 Å². The van der Waals surface area contributed by atoms with Crippen molar-refractivity contribution in [2.24, 2.45) is 0 Å². The predicted molar refractivity (Wildman–Crippen MR) is 66.8 cm³/mol. The van der Waals surface area contributed by atoms with Crippen LogP contribution in [0.3, 0.4) is 0 Å². The number of nitrogens with zero attached hydrogens (tertiary/aromatic N) is 1. The summed E-state index contributed by atoms with van der Waals surface area (Å²) in [6, 6.07) is 5.48. The Balaban J connectivity index is 2.33. The van der Waals surface area contributed by atoms with Crippen LogP contribution in [0.5, 0.6) is 0 Å². The topological polar surface area (TPSA) is 96.4 Å². The van der Waals surface area contributed by atoms with E-state index in [1.807, 2.05) is 12.1 Å². The Morgan fingerprint density at radius 3 is 2.94 bits per heavy atom. The lowest BCUT2D eigenvalue weighted by molar-refractivity contribution is 0.379. The minimum absolute atomic E-state index is 0.246. The fraction of sp³-hybridized carbons (Fsp3) is 0.125. The van der Waals surface area contributed by atoms with E-state index in [4.69, 9.17) is 15.5 Å². The first-order chi connectivity index (χ1) is 7.46. The molecule has 0 bridgehead atoms. The number of hydrogen-bond donors (Lipinski definition) is 3. The SMILES string of the molecule is Nc1nc2c(SCP(=O)(O)O)cccc2s1. The summed E-state index contributed by atoms with van der Waals surface area (Å²) in [5.74, 6) is 0. The maximum absolute atomic E-state index is 10.8. The van der Waals surface area contributed by atoms with Gasteiger partial charge in [-0.1, -0.05) is 17.4 Å². The second-order valence-electron chi connectivity index (χ2n) is 3.09. The zero-order valence-corrected chi connectivity index (χ0v) is 10.6. The van der Waals surface area contributed by atoms with E-state index < -0.39 is 7.60 Å². The molecule has 0 aliphatic rings. The van der Waals surface area contributed by atoms with Gasteiger partial charge in [-0.2, -0.15) is 0 Å². The maximum atomic E-state index is 10.8. The van der Waals surface area contributed by atoms with Gasteiger partial charge in [-0.3, -0.25) is 4.57 Å². The van der Waals surface area contributed by atoms with E-state index in [0.29, 0.717) is 10.6 Å². The standard InChI is InChI=1S/C8H9N2O3PS2/c9-8-10-7-5(15-4-14(11,12)13)2-1-3-6(7)16-8/h1-3H,4H2,(H2,9,10)(H2,11,12,13). The van der Waals surface area contributed by atoms with Crippen molar-refractivity contribution in [1.82, 2.24) is 4.98 Å². The lowest BCUT2D eigenvalue weighted by Gasteiger charge is -2.03. The summed E-state index contributed by atoms with van der Waals surface area (Å²) in [6.45, 7) is 0. The number of para-hydroxylation sites is 1. The second kappa shape index (κ2) is 4.35. The van der Waals surface area contributed by atoms with Gasteiger partial charge in [-0.15, -0.1) is 11.8 Å². The van der Waals surface area contributed by atoms with E-state index in [-0.39, 0.29) is 5.49 Å². The molecule has 2 aromatic rings. The first-order valence-corrected chi connectivity index (χ1v) is 7.88. The fourth-order valence-electron chi connectivity index (χ4n) is 1.21. The fourth-order valence-corrected chi connectivity index (χ4v) is 3.73. The molecule has 5 nitrogen and oxygen atoms in total. The first kappa shape index (κ1) is 11.9. The highest BCUT2D eigenvalue weighted by molar-refractivity contribution is 8.04. The Morgan fingerprint density at radius 1 is 1.50 bits per heavy atom. The molecule has 0 spiro atoms. The lowest BCUT2D eigenvalue weighted by Crippen LogP contribution is -1.84. The zero-order chi connectivity index (χ0) is 11.8. The molecule has 0 saturated heterocycles. The van der Waals surface area contributed by atoms with Crippen LogP contribution < -0.4 is 5.73 Å². The number of benzene rings is 1. The molecule has 0 unspecified atom stereocenters. The largest absolute Gasteiger partial charge is 0.375 e. The molecule has 1 aromatic heterocycles. The Morgan fingerprint density at radius 2 is 2.25 bits per heavy atom. The third kappa shape index (κ3) is 2.75. The lowest BCUT2D eigenvalue weighted by atomic mass is 10.3. The number of rotatable bonds is 3. The minimum atomic E-state index is -4.00. The van der Waals surface area contributed by atoms with E-state index in [0.717, 1.165) is 21.4 Å². The molecule has 0 saturated carbocycles. The van der Waals surface area contributed by atoms with Gasteiger partial charge < -0.3 is 15.5 Å². The number of nitrogen functional groups attached to an aromatic ring is 1. The number of hydrogen-bond acceptors (Lipinski definition) is 5. The first-order valence-electron chi connectivity index (χ1n) is 4.28. The predicted octanol–water partition coefficient (Wildman–Crippen LogP) is 2.11. The third-order valence-electron chi connectivity index (χ3n) is 1.79. The zero-order valence-electron chi connectivity index (χ0n) is 8.03. The quantitative estimate of drug-likeness (QED) is 0.587. The van der Waals surface area contributed by atoms with Crippen molar-refractivity contribution >= 4 is 46.0 Å². The van der Waals surface area contributed by atoms with Crippen molar-refractivity contribution in [3.05, 3.63) is 18.2 Å². The number of aromatic nitrogens is 1. The normalized spacial score (nSPS) is 12.1. The number of anilines is 1. The average Bonchev–Trinajstić information content (AvgIpc) is 2.54. The highest BCUT2D eigenvalue weighted by Gasteiger charge is 2.15. The highest BCUT2D eigenvalue weighted by atomic mass is 32.2. The summed E-state index contributed by atoms with van der Waals surface area (Å²) in [5.41, 5.74) is 6.05. The van der Waals surface area contributed by atoms with Gasteiger partial charge in [0.25, 0.3) is 0 Å². The van der Waals surface area contributed by atoms with Crippen LogP contribution in [0.2, 0.25) is 0 Å². The van der Waals surface area contributed by atoms with Crippen LogP contribution in [0, 0.1) is 0 Å². The molecule has 4 N–H and O–H groups in total. The molecule has 0 radical (unpaired) electrons. The van der Waals surface area contributed by atoms with Crippen molar-refractivity contribution in [2.75, 3.05) is 11.2 Å². The number of fused-ring (bicyclic) bond motifs is 1. The van der Waals surface area contributed by atoms with Crippen LogP contribution in [0.25, 0.3) is 10.2 Å². The smallest absolute Gasteiger partial charge is 0.335 e. The molecule has 86 valence electrons. The Kier molecular flexibility index (Phi) is 3.23. The van der Waals surface area contributed by atoms with Gasteiger partial charge in [0.05, 0.1) is 10.2 Å². The second-order valence-corrected chi connectivity index (χ2v) is 7.25. The van der Waals surface area contributed by atoms with Crippen molar-refractivity contribution < 1.29 is 14.4 Å². The van der Waals surface area contributed by atoms with Gasteiger partial charge in [-0.25, -0.2) is 4.98 Å². The molecule has 0 atom stereocenters. The van der Waals surface area contributed by atoms with Crippen LogP contribution in [-0.4, -0.2) is 20.3 Å². The molecule has 0 fully saturated rings. The molecule has 1 heterocycles. The van der Waals surface area contributed by atoms with Gasteiger partial charge in [-0.05, 0) is 12.1 Å². The van der Waals surface area contributed by atoms with E-state index in [9.17, 15) is 4.57 Å². The molecule has 16 heavy (non-hydrogen) atoms. The van der Waals surface area contributed by atoms with Crippen molar-refractivity contribution in [3.63, 3.8) is 0 Å². The van der Waals surface area contributed by atoms with Crippen LogP contribution in [0.1, 0.15) is 0 Å². The van der Waals surface area contributed by atoms with Gasteiger partial charge in [0.15, 0.2) is 5.13 Å². The van der Waals surface area contributed by atoms with Crippen molar-refractivity contribution in [1.29, 1.82) is 0 Å². The molecule has 0 aliphatic carbocycles. The van der Waals surface area contributed by atoms with Gasteiger partial charge in [0.2, 0.25) is 0 Å². The molecular formula is C8H9N2O3PS2. The number of nitrogens with two attached hydrogens (primary N) is 1. The molecule has 0 amide bonds. The molecule has 2 rings (SSSR count). The number of thioether (sulfide) groups is 1. The summed E-state index contributed by atoms with van der Waals surface area (Å²) in [5, 5.41) is 0.458. The van der Waals surface area contributed by atoms with Crippen molar-refractivity contribution in [3.8, 4) is 0 Å². The summed E-state index contributed by atoms with van der Waals surface area (Å²) in [7, 11) is -4.00. The van der Waals surface area contributed by atoms with Crippen LogP contribution >= 0.6 is 30.7 Å². The average molecular weight is 276 g/mol. The van der Waals surface area contributed by atoms with Crippen LogP contribution in [-0.2, 0) is 4.57 Å². The van der Waals surface area contributed by atoms with Gasteiger partial charge in [0, 0.05) is 4.90 Å². The summed E-state index contributed by atoms with van der Waals surface area (Å²) in [6.07, 6.45) is 0. The van der Waals surface area contributed by atoms with E-state index in [2.05, 4.69) is 4.98 Å². The van der Waals surface area contributed by atoms with Gasteiger partial charge in [0.1, 0.15) is 5.49 Å². The van der Waals surface area contributed by atoms with Crippen LogP contribution in [0.4, 0.5) is 5.13 Å². The molecule has 0 aliphatic heterocycles. The van der Waals surface area contributed by atoms with E-state index >= 15 is 0 Å². The van der Waals surface area contributed by atoms with Crippen LogP contribution in [0.15, 0.2) is 23.1 Å². The number of thiazole rings is 1.